The van der Waals surface area contributed by atoms with Gasteiger partial charge in [-0.05, 0) is 43.9 Å². The molecule has 10 heteroatoms. The summed E-state index contributed by atoms with van der Waals surface area (Å²) in [7, 11) is 1.62. The van der Waals surface area contributed by atoms with Gasteiger partial charge in [0, 0.05) is 29.6 Å². The third-order valence-corrected chi connectivity index (χ3v) is 5.71. The summed E-state index contributed by atoms with van der Waals surface area (Å²) in [4.78, 5) is 8.82. The number of pyridine rings is 1. The fraction of sp³-hybridized carbons (Fsp3) is 0.429. The van der Waals surface area contributed by atoms with E-state index in [1.54, 1.807) is 16.1 Å². The van der Waals surface area contributed by atoms with E-state index in [-0.39, 0.29) is 18.8 Å². The normalized spacial score (nSPS) is 19.2. The molecule has 4 aromatic heterocycles. The van der Waals surface area contributed by atoms with Crippen molar-refractivity contribution in [2.24, 2.45) is 0 Å². The van der Waals surface area contributed by atoms with Gasteiger partial charge in [-0.3, -0.25) is 0 Å². The first kappa shape index (κ1) is 19.7. The second-order valence-corrected chi connectivity index (χ2v) is 7.66. The van der Waals surface area contributed by atoms with E-state index in [0.717, 1.165) is 48.0 Å². The number of hydrogen-bond acceptors (Lipinski definition) is 8. The van der Waals surface area contributed by atoms with Crippen LogP contribution in [-0.2, 0) is 4.74 Å². The van der Waals surface area contributed by atoms with Crippen molar-refractivity contribution in [2.45, 2.75) is 37.8 Å². The van der Waals surface area contributed by atoms with Gasteiger partial charge in [0.05, 0.1) is 26.4 Å². The van der Waals surface area contributed by atoms with Crippen molar-refractivity contribution in [3.8, 4) is 17.0 Å². The molecule has 10 nitrogen and oxygen atoms in total. The number of anilines is 1. The molecule has 2 N–H and O–H groups in total. The molecule has 1 fully saturated rings. The smallest absolute Gasteiger partial charge is 0.244 e. The Bertz CT molecular complexity index is 1180. The number of methoxy groups -OCH3 is 1. The van der Waals surface area contributed by atoms with Gasteiger partial charge in [0.1, 0.15) is 11.8 Å². The standard InChI is InChI=1S/C21H25N7O3/c1-30-20-19-17(14-2-7-18-22-13-23-28(18)12-14)8-9-27(19)26-21(25-20)24-15-3-5-16(6-4-15)31-11-10-29/h2,7-9,12-13,15-16,29H,3-6,10-11H2,1H3,(H,24,26)/t15-,16+. The molecule has 0 bridgehead atoms. The number of nitrogens with zero attached hydrogens (tertiary/aromatic N) is 6. The molecule has 1 saturated carbocycles. The summed E-state index contributed by atoms with van der Waals surface area (Å²) in [5.74, 6) is 1.05. The van der Waals surface area contributed by atoms with Crippen LogP contribution in [0, 0.1) is 0 Å². The maximum absolute atomic E-state index is 8.92. The topological polar surface area (TPSA) is 111 Å². The Morgan fingerprint density at radius 1 is 1.16 bits per heavy atom. The molecule has 0 radical (unpaired) electrons. The van der Waals surface area contributed by atoms with Gasteiger partial charge in [0.2, 0.25) is 11.8 Å². The first-order valence-corrected chi connectivity index (χ1v) is 10.5. The largest absolute Gasteiger partial charge is 0.479 e. The maximum Gasteiger partial charge on any atom is 0.244 e. The summed E-state index contributed by atoms with van der Waals surface area (Å²) >= 11 is 0. The Kier molecular flexibility index (Phi) is 5.39. The third kappa shape index (κ3) is 3.91. The van der Waals surface area contributed by atoms with E-state index in [4.69, 9.17) is 14.6 Å². The summed E-state index contributed by atoms with van der Waals surface area (Å²) < 4.78 is 14.8. The van der Waals surface area contributed by atoms with Crippen molar-refractivity contribution < 1.29 is 14.6 Å². The van der Waals surface area contributed by atoms with Crippen molar-refractivity contribution >= 4 is 17.1 Å². The van der Waals surface area contributed by atoms with Crippen LogP contribution in [0.25, 0.3) is 22.3 Å². The van der Waals surface area contributed by atoms with Crippen LogP contribution >= 0.6 is 0 Å². The number of aliphatic hydroxyl groups is 1. The number of nitrogens with one attached hydrogen (secondary N) is 1. The Morgan fingerprint density at radius 2 is 2.03 bits per heavy atom. The van der Waals surface area contributed by atoms with Crippen LogP contribution in [0.15, 0.2) is 36.9 Å². The van der Waals surface area contributed by atoms with Crippen LogP contribution in [0.5, 0.6) is 5.88 Å². The lowest BCUT2D eigenvalue weighted by Crippen LogP contribution is -2.31. The highest BCUT2D eigenvalue weighted by Gasteiger charge is 2.23. The van der Waals surface area contributed by atoms with Crippen LogP contribution in [-0.4, -0.2) is 66.8 Å². The van der Waals surface area contributed by atoms with Gasteiger partial charge in [-0.25, -0.2) is 14.0 Å². The maximum atomic E-state index is 8.92. The van der Waals surface area contributed by atoms with Crippen LogP contribution in [0.3, 0.4) is 0 Å². The van der Waals surface area contributed by atoms with Crippen molar-refractivity contribution in [2.75, 3.05) is 25.6 Å². The fourth-order valence-corrected chi connectivity index (χ4v) is 4.18. The number of aromatic nitrogens is 6. The summed E-state index contributed by atoms with van der Waals surface area (Å²) in [6.45, 7) is 0.469. The highest BCUT2D eigenvalue weighted by Crippen LogP contribution is 2.32. The van der Waals surface area contributed by atoms with Crippen LogP contribution in [0.2, 0.25) is 0 Å². The SMILES string of the molecule is COc1nc(N[C@H]2CC[C@@H](OCCO)CC2)nn2ccc(-c3ccc4ncnn4c3)c12. The molecule has 4 aromatic rings. The first-order chi connectivity index (χ1) is 15.2. The molecule has 0 aliphatic heterocycles. The highest BCUT2D eigenvalue weighted by molar-refractivity contribution is 5.84. The average molecular weight is 423 g/mol. The van der Waals surface area contributed by atoms with Gasteiger partial charge in [-0.1, -0.05) is 0 Å². The van der Waals surface area contributed by atoms with Gasteiger partial charge in [0.25, 0.3) is 0 Å². The fourth-order valence-electron chi connectivity index (χ4n) is 4.18. The molecule has 0 aromatic carbocycles. The molecule has 0 amide bonds. The van der Waals surface area contributed by atoms with E-state index in [9.17, 15) is 0 Å². The Labute approximate surface area is 178 Å². The number of fused-ring (bicyclic) bond motifs is 2. The molecular weight excluding hydrogens is 398 g/mol. The molecule has 0 saturated heterocycles. The second-order valence-electron chi connectivity index (χ2n) is 7.66. The molecule has 1 aliphatic carbocycles. The van der Waals surface area contributed by atoms with Crippen molar-refractivity contribution in [3.05, 3.63) is 36.9 Å². The minimum atomic E-state index is 0.0668. The first-order valence-electron chi connectivity index (χ1n) is 10.5. The molecule has 0 atom stereocenters. The number of ether oxygens (including phenoxy) is 2. The van der Waals surface area contributed by atoms with Crippen LogP contribution < -0.4 is 10.1 Å². The van der Waals surface area contributed by atoms with E-state index in [1.807, 2.05) is 30.6 Å². The zero-order valence-corrected chi connectivity index (χ0v) is 17.3. The lowest BCUT2D eigenvalue weighted by molar-refractivity contribution is 0.00718. The Hall–Kier alpha value is -3.24. The molecule has 1 aliphatic rings. The van der Waals surface area contributed by atoms with Crippen LogP contribution in [0.1, 0.15) is 25.7 Å². The van der Waals surface area contributed by atoms with E-state index in [2.05, 4.69) is 25.5 Å². The molecule has 4 heterocycles. The predicted molar refractivity (Wildman–Crippen MR) is 114 cm³/mol. The summed E-state index contributed by atoms with van der Waals surface area (Å²) in [5.41, 5.74) is 3.53. The number of rotatable bonds is 7. The van der Waals surface area contributed by atoms with Gasteiger partial charge in [-0.2, -0.15) is 10.1 Å². The van der Waals surface area contributed by atoms with E-state index in [0.29, 0.717) is 18.4 Å². The minimum absolute atomic E-state index is 0.0668. The average Bonchev–Trinajstić information content (AvgIpc) is 3.44. The molecular formula is C21H25N7O3. The Balaban J connectivity index is 1.38. The Morgan fingerprint density at radius 3 is 2.84 bits per heavy atom. The quantitative estimate of drug-likeness (QED) is 0.465. The predicted octanol–water partition coefficient (Wildman–Crippen LogP) is 2.18. The number of hydrogen-bond donors (Lipinski definition) is 2. The van der Waals surface area contributed by atoms with Crippen molar-refractivity contribution in [1.82, 2.24) is 29.2 Å². The van der Waals surface area contributed by atoms with Gasteiger partial charge in [-0.15, -0.1) is 5.10 Å². The molecule has 5 rings (SSSR count). The number of aliphatic hydroxyl groups excluding tert-OH is 1. The lowest BCUT2D eigenvalue weighted by Gasteiger charge is -2.29. The van der Waals surface area contributed by atoms with Crippen LogP contribution in [0.4, 0.5) is 5.95 Å². The van der Waals surface area contributed by atoms with Gasteiger partial charge < -0.3 is 19.9 Å². The molecule has 31 heavy (non-hydrogen) atoms. The second kappa shape index (κ2) is 8.48. The van der Waals surface area contributed by atoms with Crippen molar-refractivity contribution in [1.29, 1.82) is 0 Å². The van der Waals surface area contributed by atoms with Crippen molar-refractivity contribution in [3.63, 3.8) is 0 Å². The zero-order valence-electron chi connectivity index (χ0n) is 17.3. The molecule has 0 unspecified atom stereocenters. The highest BCUT2D eigenvalue weighted by atomic mass is 16.5. The zero-order chi connectivity index (χ0) is 21.2. The van der Waals surface area contributed by atoms with E-state index in [1.165, 1.54) is 6.33 Å². The summed E-state index contributed by atoms with van der Waals surface area (Å²) in [6, 6.07) is 6.21. The van der Waals surface area contributed by atoms with Gasteiger partial charge in [0.15, 0.2) is 5.65 Å². The van der Waals surface area contributed by atoms with Gasteiger partial charge >= 0.3 is 0 Å². The summed E-state index contributed by atoms with van der Waals surface area (Å²) in [6.07, 6.45) is 9.43. The van der Waals surface area contributed by atoms with E-state index >= 15 is 0 Å². The molecule has 0 spiro atoms. The van der Waals surface area contributed by atoms with E-state index < -0.39 is 0 Å². The lowest BCUT2D eigenvalue weighted by atomic mass is 9.93. The minimum Gasteiger partial charge on any atom is -0.479 e. The summed E-state index contributed by atoms with van der Waals surface area (Å²) in [5, 5.41) is 21.2. The molecule has 162 valence electrons. The third-order valence-electron chi connectivity index (χ3n) is 5.71. The monoisotopic (exact) mass is 423 g/mol.